The van der Waals surface area contributed by atoms with Gasteiger partial charge in [0.05, 0.1) is 18.5 Å². The fourth-order valence-corrected chi connectivity index (χ4v) is 2.77. The van der Waals surface area contributed by atoms with Crippen LogP contribution in [0.5, 0.6) is 11.5 Å². The highest BCUT2D eigenvalue weighted by molar-refractivity contribution is 5.65. The Balaban J connectivity index is 1.91. The van der Waals surface area contributed by atoms with Gasteiger partial charge in [0, 0.05) is 12.0 Å². The van der Waals surface area contributed by atoms with E-state index in [0.29, 0.717) is 23.9 Å². The van der Waals surface area contributed by atoms with Crippen molar-refractivity contribution in [2.75, 3.05) is 7.11 Å². The quantitative estimate of drug-likeness (QED) is 0.766. The van der Waals surface area contributed by atoms with Crippen molar-refractivity contribution in [3.05, 3.63) is 65.6 Å². The molecule has 0 saturated heterocycles. The predicted molar refractivity (Wildman–Crippen MR) is 96.8 cm³/mol. The van der Waals surface area contributed by atoms with Crippen molar-refractivity contribution in [1.29, 1.82) is 0 Å². The first-order valence-corrected chi connectivity index (χ1v) is 8.21. The minimum absolute atomic E-state index is 0.101. The van der Waals surface area contributed by atoms with Crippen molar-refractivity contribution in [3.63, 3.8) is 0 Å². The van der Waals surface area contributed by atoms with Gasteiger partial charge in [0.15, 0.2) is 17.3 Å². The van der Waals surface area contributed by atoms with Crippen LogP contribution in [0.4, 0.5) is 0 Å². The van der Waals surface area contributed by atoms with Gasteiger partial charge in [0.25, 0.3) is 0 Å². The number of phenols is 1. The van der Waals surface area contributed by atoms with Crippen LogP contribution in [0.3, 0.4) is 0 Å². The molecule has 0 saturated carbocycles. The van der Waals surface area contributed by atoms with Crippen LogP contribution in [0.25, 0.3) is 11.3 Å². The van der Waals surface area contributed by atoms with Crippen molar-refractivity contribution in [3.8, 4) is 22.8 Å². The maximum absolute atomic E-state index is 9.78. The van der Waals surface area contributed by atoms with Gasteiger partial charge in [-0.1, -0.05) is 37.3 Å². The maximum Gasteiger partial charge on any atom is 0.161 e. The third kappa shape index (κ3) is 3.76. The number of methoxy groups -OCH3 is 1. The lowest BCUT2D eigenvalue weighted by molar-refractivity contribution is 0.373. The molecule has 0 fully saturated rings. The van der Waals surface area contributed by atoms with Gasteiger partial charge in [0.2, 0.25) is 0 Å². The minimum Gasteiger partial charge on any atom is -0.504 e. The Morgan fingerprint density at radius 1 is 1.08 bits per heavy atom. The lowest BCUT2D eigenvalue weighted by Crippen LogP contribution is -2.07. The number of aromatic nitrogens is 3. The van der Waals surface area contributed by atoms with Crippen molar-refractivity contribution in [2.24, 2.45) is 0 Å². The molecule has 3 rings (SSSR count). The summed E-state index contributed by atoms with van der Waals surface area (Å²) in [5.41, 5.74) is 3.59. The molecule has 0 aliphatic heterocycles. The van der Waals surface area contributed by atoms with E-state index in [9.17, 15) is 5.11 Å². The third-order valence-electron chi connectivity index (χ3n) is 4.21. The summed E-state index contributed by atoms with van der Waals surface area (Å²) in [7, 11) is 1.52. The van der Waals surface area contributed by atoms with Gasteiger partial charge >= 0.3 is 0 Å². The molecule has 0 bridgehead atoms. The zero-order valence-electron chi connectivity index (χ0n) is 14.6. The van der Waals surface area contributed by atoms with Crippen molar-refractivity contribution < 1.29 is 9.84 Å². The molecule has 1 aromatic heterocycles. The zero-order chi connectivity index (χ0) is 17.8. The molecule has 0 aliphatic rings. The zero-order valence-corrected chi connectivity index (χ0v) is 14.6. The van der Waals surface area contributed by atoms with Gasteiger partial charge < -0.3 is 9.84 Å². The first-order chi connectivity index (χ1) is 12.1. The maximum atomic E-state index is 9.78. The number of aryl methyl sites for hydroxylation is 1. The van der Waals surface area contributed by atoms with Crippen LogP contribution >= 0.6 is 0 Å². The summed E-state index contributed by atoms with van der Waals surface area (Å²) in [4.78, 5) is 4.70. The van der Waals surface area contributed by atoms with Gasteiger partial charge in [-0.15, -0.1) is 5.10 Å². The molecule has 5 heteroatoms. The number of nitrogens with zero attached hydrogens (tertiary/aromatic N) is 3. The normalized spacial score (nSPS) is 12.0. The molecule has 0 unspecified atom stereocenters. The summed E-state index contributed by atoms with van der Waals surface area (Å²) in [5.74, 6) is 1.51. The highest BCUT2D eigenvalue weighted by Gasteiger charge is 2.14. The monoisotopic (exact) mass is 335 g/mol. The summed E-state index contributed by atoms with van der Waals surface area (Å²) >= 11 is 0. The van der Waals surface area contributed by atoms with Gasteiger partial charge in [-0.3, -0.25) is 0 Å². The molecule has 128 valence electrons. The van der Waals surface area contributed by atoms with Crippen molar-refractivity contribution in [2.45, 2.75) is 26.2 Å². The highest BCUT2D eigenvalue weighted by atomic mass is 16.5. The smallest absolute Gasteiger partial charge is 0.161 e. The second-order valence-corrected chi connectivity index (χ2v) is 6.06. The molecule has 2 aromatic carbocycles. The van der Waals surface area contributed by atoms with Crippen molar-refractivity contribution in [1.82, 2.24) is 15.2 Å². The number of hydrogen-bond donors (Lipinski definition) is 1. The van der Waals surface area contributed by atoms with Gasteiger partial charge in [-0.2, -0.15) is 5.10 Å². The molecule has 0 aliphatic carbocycles. The number of phenolic OH excluding ortho intramolecular Hbond substituents is 1. The molecule has 3 aromatic rings. The summed E-state index contributed by atoms with van der Waals surface area (Å²) < 4.78 is 5.19. The Morgan fingerprint density at radius 2 is 1.84 bits per heavy atom. The molecular formula is C20H21N3O2. The molecule has 0 amide bonds. The summed E-state index contributed by atoms with van der Waals surface area (Å²) in [6.45, 7) is 4.03. The number of aromatic hydroxyl groups is 1. The van der Waals surface area contributed by atoms with Gasteiger partial charge in [-0.25, -0.2) is 4.98 Å². The molecule has 1 N–H and O–H groups in total. The Morgan fingerprint density at radius 3 is 2.56 bits per heavy atom. The van der Waals surface area contributed by atoms with Crippen LogP contribution < -0.4 is 4.74 Å². The van der Waals surface area contributed by atoms with Crippen LogP contribution in [-0.4, -0.2) is 27.4 Å². The molecule has 5 nitrogen and oxygen atoms in total. The van der Waals surface area contributed by atoms with Gasteiger partial charge in [-0.05, 0) is 36.6 Å². The van der Waals surface area contributed by atoms with E-state index in [-0.39, 0.29) is 5.75 Å². The second-order valence-electron chi connectivity index (χ2n) is 6.06. The average Bonchev–Trinajstić information content (AvgIpc) is 2.64. The Bertz CT molecular complexity index is 866. The van der Waals surface area contributed by atoms with Crippen LogP contribution in [0.15, 0.2) is 48.5 Å². The lowest BCUT2D eigenvalue weighted by Gasteiger charge is -2.12. The Hall–Kier alpha value is -2.95. The van der Waals surface area contributed by atoms with E-state index in [0.717, 1.165) is 17.0 Å². The van der Waals surface area contributed by atoms with E-state index >= 15 is 0 Å². The second kappa shape index (κ2) is 7.30. The first-order valence-electron chi connectivity index (χ1n) is 8.21. The van der Waals surface area contributed by atoms with E-state index in [1.165, 1.54) is 12.7 Å². The number of ether oxygens (including phenoxy) is 1. The number of hydrogen-bond acceptors (Lipinski definition) is 5. The fraction of sp³-hybridized carbons (Fsp3) is 0.250. The molecule has 25 heavy (non-hydrogen) atoms. The van der Waals surface area contributed by atoms with E-state index in [1.54, 1.807) is 18.2 Å². The Kier molecular flexibility index (Phi) is 4.93. The predicted octanol–water partition coefficient (Wildman–Crippen LogP) is 3.91. The lowest BCUT2D eigenvalue weighted by atomic mass is 9.97. The molecule has 1 atom stereocenters. The van der Waals surface area contributed by atoms with E-state index in [1.807, 2.05) is 25.1 Å². The molecule has 1 heterocycles. The van der Waals surface area contributed by atoms with Crippen molar-refractivity contribution >= 4 is 0 Å². The average molecular weight is 335 g/mol. The fourth-order valence-electron chi connectivity index (χ4n) is 2.77. The SMILES string of the molecule is COc1cc(-c2nc(C[C@H](C)c3ccccc3)nnc2C)ccc1O. The van der Waals surface area contributed by atoms with Crippen LogP contribution in [0.2, 0.25) is 0 Å². The van der Waals surface area contributed by atoms with Crippen LogP contribution in [-0.2, 0) is 6.42 Å². The summed E-state index contributed by atoms with van der Waals surface area (Å²) in [6, 6.07) is 15.5. The summed E-state index contributed by atoms with van der Waals surface area (Å²) in [6.07, 6.45) is 0.708. The molecule has 0 radical (unpaired) electrons. The molecular weight excluding hydrogens is 314 g/mol. The first kappa shape index (κ1) is 16.9. The van der Waals surface area contributed by atoms with Gasteiger partial charge in [0.1, 0.15) is 0 Å². The summed E-state index contributed by atoms with van der Waals surface area (Å²) in [5, 5.41) is 18.3. The van der Waals surface area contributed by atoms with E-state index < -0.39 is 0 Å². The topological polar surface area (TPSA) is 68.1 Å². The largest absolute Gasteiger partial charge is 0.504 e. The van der Waals surface area contributed by atoms with Crippen LogP contribution in [0.1, 0.15) is 29.9 Å². The van der Waals surface area contributed by atoms with Crippen LogP contribution in [0, 0.1) is 6.92 Å². The van der Waals surface area contributed by atoms with E-state index in [4.69, 9.17) is 9.72 Å². The Labute approximate surface area is 147 Å². The minimum atomic E-state index is 0.101. The number of rotatable bonds is 5. The highest BCUT2D eigenvalue weighted by Crippen LogP contribution is 2.31. The van der Waals surface area contributed by atoms with E-state index in [2.05, 4.69) is 29.3 Å². The molecule has 0 spiro atoms. The standard InChI is InChI=1S/C20H21N3O2/c1-13(15-7-5-4-6-8-15)11-19-21-20(14(2)22-23-19)16-9-10-17(24)18(12-16)25-3/h4-10,12-13,24H,11H2,1-3H3/t13-/m0/s1. The third-order valence-corrected chi connectivity index (χ3v) is 4.21. The number of benzene rings is 2.